The van der Waals surface area contributed by atoms with Gasteiger partial charge in [0.25, 0.3) is 0 Å². The average molecular weight is 259 g/mol. The molecule has 0 amide bonds. The van der Waals surface area contributed by atoms with Crippen LogP contribution in [0.3, 0.4) is 0 Å². The molecule has 1 nitrogen and oxygen atoms in total. The summed E-state index contributed by atoms with van der Waals surface area (Å²) in [6, 6.07) is 5.25. The van der Waals surface area contributed by atoms with E-state index in [1.54, 1.807) is 6.07 Å². The molecule has 0 saturated carbocycles. The van der Waals surface area contributed by atoms with E-state index in [0.29, 0.717) is 12.2 Å². The molecule has 0 spiro atoms. The molecular formula is C14H18F3O. The van der Waals surface area contributed by atoms with Gasteiger partial charge in [-0.15, -0.1) is 0 Å². The van der Waals surface area contributed by atoms with Gasteiger partial charge in [-0.1, -0.05) is 38.3 Å². The number of halogens is 3. The van der Waals surface area contributed by atoms with E-state index in [2.05, 4.69) is 6.92 Å². The van der Waals surface area contributed by atoms with Crippen molar-refractivity contribution in [2.75, 3.05) is 6.61 Å². The lowest BCUT2D eigenvalue weighted by molar-refractivity contribution is -0.137. The van der Waals surface area contributed by atoms with Crippen molar-refractivity contribution in [3.8, 4) is 0 Å². The summed E-state index contributed by atoms with van der Waals surface area (Å²) in [5.74, 6) is 0. The predicted molar refractivity (Wildman–Crippen MR) is 64.9 cm³/mol. The molecule has 1 rings (SSSR count). The summed E-state index contributed by atoms with van der Waals surface area (Å²) in [6.07, 6.45) is -0.342. The zero-order valence-electron chi connectivity index (χ0n) is 10.3. The first-order valence-electron chi connectivity index (χ1n) is 6.07. The molecule has 4 heteroatoms. The van der Waals surface area contributed by atoms with E-state index in [9.17, 15) is 13.2 Å². The Morgan fingerprint density at radius 3 is 2.56 bits per heavy atom. The van der Waals surface area contributed by atoms with Gasteiger partial charge < -0.3 is 4.74 Å². The first-order chi connectivity index (χ1) is 8.54. The number of ether oxygens (including phenoxy) is 1. The highest BCUT2D eigenvalue weighted by Crippen LogP contribution is 2.29. The quantitative estimate of drug-likeness (QED) is 0.649. The third-order valence-corrected chi connectivity index (χ3v) is 2.56. The van der Waals surface area contributed by atoms with Gasteiger partial charge in [-0.3, -0.25) is 0 Å². The molecule has 0 fully saturated rings. The van der Waals surface area contributed by atoms with Gasteiger partial charge in [0.05, 0.1) is 12.2 Å². The molecule has 1 radical (unpaired) electrons. The third kappa shape index (κ3) is 5.54. The maximum atomic E-state index is 12.4. The van der Waals surface area contributed by atoms with Gasteiger partial charge in [0.2, 0.25) is 0 Å². The second kappa shape index (κ2) is 7.41. The summed E-state index contributed by atoms with van der Waals surface area (Å²) in [4.78, 5) is 0. The summed E-state index contributed by atoms with van der Waals surface area (Å²) in [6.45, 7) is 4.55. The Hall–Kier alpha value is -1.03. The summed E-state index contributed by atoms with van der Waals surface area (Å²) in [7, 11) is 0. The molecule has 0 aliphatic carbocycles. The van der Waals surface area contributed by atoms with Crippen LogP contribution in [0.25, 0.3) is 0 Å². The molecule has 0 saturated heterocycles. The lowest BCUT2D eigenvalue weighted by Crippen LogP contribution is -2.05. The van der Waals surface area contributed by atoms with Crippen molar-refractivity contribution < 1.29 is 17.9 Å². The Bertz CT molecular complexity index is 347. The molecule has 1 aromatic rings. The van der Waals surface area contributed by atoms with Crippen LogP contribution >= 0.6 is 0 Å². The van der Waals surface area contributed by atoms with E-state index < -0.39 is 11.7 Å². The normalized spacial score (nSPS) is 11.8. The average Bonchev–Trinajstić information content (AvgIpc) is 2.33. The second-order valence-corrected chi connectivity index (χ2v) is 4.16. The van der Waals surface area contributed by atoms with Crippen LogP contribution in [-0.4, -0.2) is 6.61 Å². The Balaban J connectivity index is 2.34. The first-order valence-corrected chi connectivity index (χ1v) is 6.07. The Kier molecular flexibility index (Phi) is 6.19. The molecule has 101 valence electrons. The number of rotatable bonds is 7. The van der Waals surface area contributed by atoms with Crippen LogP contribution in [0, 0.1) is 6.92 Å². The fraction of sp³-hybridized carbons (Fsp3) is 0.500. The molecule has 0 aliphatic heterocycles. The summed E-state index contributed by atoms with van der Waals surface area (Å²) in [5, 5.41) is 0. The smallest absolute Gasteiger partial charge is 0.377 e. The highest BCUT2D eigenvalue weighted by Gasteiger charge is 2.30. The minimum Gasteiger partial charge on any atom is -0.377 e. The van der Waals surface area contributed by atoms with Crippen molar-refractivity contribution in [1.29, 1.82) is 0 Å². The maximum Gasteiger partial charge on any atom is 0.416 e. The zero-order chi connectivity index (χ0) is 13.4. The molecule has 0 aromatic heterocycles. The Morgan fingerprint density at radius 2 is 1.89 bits per heavy atom. The Morgan fingerprint density at radius 1 is 1.11 bits per heavy atom. The van der Waals surface area contributed by atoms with Crippen molar-refractivity contribution in [2.45, 2.75) is 38.5 Å². The van der Waals surface area contributed by atoms with Crippen LogP contribution in [0.5, 0.6) is 0 Å². The third-order valence-electron chi connectivity index (χ3n) is 2.56. The van der Waals surface area contributed by atoms with Crippen molar-refractivity contribution in [3.63, 3.8) is 0 Å². The van der Waals surface area contributed by atoms with E-state index in [-0.39, 0.29) is 6.61 Å². The van der Waals surface area contributed by atoms with Crippen molar-refractivity contribution in [3.05, 3.63) is 42.3 Å². The van der Waals surface area contributed by atoms with E-state index in [4.69, 9.17) is 4.74 Å². The van der Waals surface area contributed by atoms with Gasteiger partial charge in [0.1, 0.15) is 0 Å². The van der Waals surface area contributed by atoms with Gasteiger partial charge in [-0.05, 0) is 24.1 Å². The topological polar surface area (TPSA) is 9.23 Å². The van der Waals surface area contributed by atoms with E-state index >= 15 is 0 Å². The highest BCUT2D eigenvalue weighted by atomic mass is 19.4. The van der Waals surface area contributed by atoms with E-state index in [1.165, 1.54) is 6.07 Å². The zero-order valence-corrected chi connectivity index (χ0v) is 10.3. The monoisotopic (exact) mass is 259 g/mol. The summed E-state index contributed by atoms with van der Waals surface area (Å²) in [5.41, 5.74) is -0.0670. The molecular weight excluding hydrogens is 241 g/mol. The number of hydrogen-bond donors (Lipinski definition) is 0. The first kappa shape index (κ1) is 15.0. The lowest BCUT2D eigenvalue weighted by Gasteiger charge is -2.09. The fourth-order valence-corrected chi connectivity index (χ4v) is 1.59. The van der Waals surface area contributed by atoms with Gasteiger partial charge in [-0.25, -0.2) is 0 Å². The molecule has 18 heavy (non-hydrogen) atoms. The lowest BCUT2D eigenvalue weighted by atomic mass is 10.1. The Labute approximate surface area is 106 Å². The van der Waals surface area contributed by atoms with Crippen LogP contribution < -0.4 is 0 Å². The van der Waals surface area contributed by atoms with Crippen LogP contribution in [0.4, 0.5) is 13.2 Å². The van der Waals surface area contributed by atoms with Crippen LogP contribution in [0.1, 0.15) is 36.8 Å². The second-order valence-electron chi connectivity index (χ2n) is 4.16. The predicted octanol–water partition coefficient (Wildman–Crippen LogP) is 4.62. The molecule has 1 aromatic carbocycles. The number of alkyl halides is 3. The molecule has 0 atom stereocenters. The van der Waals surface area contributed by atoms with Crippen LogP contribution in [0.15, 0.2) is 24.3 Å². The van der Waals surface area contributed by atoms with Crippen LogP contribution in [0.2, 0.25) is 0 Å². The number of unbranched alkanes of at least 4 members (excludes halogenated alkanes) is 3. The number of benzene rings is 1. The minimum atomic E-state index is -4.29. The molecule has 0 N–H and O–H groups in total. The SMILES string of the molecule is [CH2]CCCCCOCc1cccc(C(F)(F)F)c1. The summed E-state index contributed by atoms with van der Waals surface area (Å²) < 4.78 is 42.7. The van der Waals surface area contributed by atoms with Gasteiger partial charge in [0.15, 0.2) is 0 Å². The molecule has 0 aliphatic rings. The molecule has 0 bridgehead atoms. The van der Waals surface area contributed by atoms with Gasteiger partial charge in [-0.2, -0.15) is 13.2 Å². The number of hydrogen-bond acceptors (Lipinski definition) is 1. The highest BCUT2D eigenvalue weighted by molar-refractivity contribution is 5.25. The standard InChI is InChI=1S/C14H18F3O/c1-2-3-4-5-9-18-11-12-7-6-8-13(10-12)14(15,16)17/h6-8,10H,1-5,9,11H2. The van der Waals surface area contributed by atoms with E-state index in [0.717, 1.165) is 37.8 Å². The van der Waals surface area contributed by atoms with Gasteiger partial charge >= 0.3 is 6.18 Å². The maximum absolute atomic E-state index is 12.4. The fourth-order valence-electron chi connectivity index (χ4n) is 1.59. The molecule has 0 unspecified atom stereocenters. The van der Waals surface area contributed by atoms with E-state index in [1.807, 2.05) is 0 Å². The van der Waals surface area contributed by atoms with Crippen molar-refractivity contribution in [2.24, 2.45) is 0 Å². The largest absolute Gasteiger partial charge is 0.416 e. The molecule has 0 heterocycles. The van der Waals surface area contributed by atoms with Crippen molar-refractivity contribution in [1.82, 2.24) is 0 Å². The van der Waals surface area contributed by atoms with Crippen molar-refractivity contribution >= 4 is 0 Å². The minimum absolute atomic E-state index is 0.230. The summed E-state index contributed by atoms with van der Waals surface area (Å²) >= 11 is 0. The van der Waals surface area contributed by atoms with Crippen LogP contribution in [-0.2, 0) is 17.5 Å². The van der Waals surface area contributed by atoms with Gasteiger partial charge in [0, 0.05) is 6.61 Å².